The third-order valence-corrected chi connectivity index (χ3v) is 5.54. The molecule has 0 aromatic carbocycles. The van der Waals surface area contributed by atoms with Gasteiger partial charge in [-0.2, -0.15) is 0 Å². The number of carbonyl (C=O) groups excluding carboxylic acids is 1. The molecule has 98 valence electrons. The van der Waals surface area contributed by atoms with E-state index < -0.39 is 0 Å². The Morgan fingerprint density at radius 3 is 3.00 bits per heavy atom. The number of nitrogens with one attached hydrogen (secondary N) is 1. The maximum Gasteiger partial charge on any atom is 0.220 e. The molecule has 1 amide bonds. The number of carbonyl (C=O) groups is 1. The van der Waals surface area contributed by atoms with Crippen molar-refractivity contribution in [1.82, 2.24) is 5.32 Å². The van der Waals surface area contributed by atoms with Gasteiger partial charge in [-0.05, 0) is 54.9 Å². The summed E-state index contributed by atoms with van der Waals surface area (Å²) in [5.41, 5.74) is 0. The van der Waals surface area contributed by atoms with Crippen LogP contribution in [-0.4, -0.2) is 12.5 Å². The molecule has 0 spiro atoms. The Hall–Kier alpha value is -0.830. The van der Waals surface area contributed by atoms with E-state index >= 15 is 0 Å². The highest BCUT2D eigenvalue weighted by atomic mass is 32.1. The molecule has 3 atom stereocenters. The lowest BCUT2D eigenvalue weighted by atomic mass is 9.86. The molecule has 0 saturated heterocycles. The molecule has 1 heterocycles. The molecule has 3 unspecified atom stereocenters. The second kappa shape index (κ2) is 5.43. The summed E-state index contributed by atoms with van der Waals surface area (Å²) in [7, 11) is 0. The van der Waals surface area contributed by atoms with Crippen LogP contribution in [0.4, 0.5) is 0 Å². The molecule has 2 nitrogen and oxygen atoms in total. The molecule has 0 radical (unpaired) electrons. The van der Waals surface area contributed by atoms with Crippen LogP contribution in [-0.2, 0) is 11.2 Å². The van der Waals surface area contributed by atoms with Crippen LogP contribution in [0, 0.1) is 17.8 Å². The van der Waals surface area contributed by atoms with Gasteiger partial charge in [0.2, 0.25) is 5.91 Å². The fourth-order valence-corrected chi connectivity index (χ4v) is 4.43. The number of hydrogen-bond donors (Lipinski definition) is 1. The second-order valence-electron chi connectivity index (χ2n) is 5.82. The molecule has 2 fully saturated rings. The monoisotopic (exact) mass is 263 g/mol. The number of amides is 1. The van der Waals surface area contributed by atoms with Crippen LogP contribution in [0.25, 0.3) is 0 Å². The third kappa shape index (κ3) is 2.77. The van der Waals surface area contributed by atoms with Gasteiger partial charge in [-0.25, -0.2) is 0 Å². The van der Waals surface area contributed by atoms with Gasteiger partial charge in [0.05, 0.1) is 0 Å². The average Bonchev–Trinajstić information content (AvgIpc) is 3.04. The Bertz CT molecular complexity index is 401. The predicted octanol–water partition coefficient (Wildman–Crippen LogP) is 3.23. The van der Waals surface area contributed by atoms with E-state index in [-0.39, 0.29) is 5.91 Å². The quantitative estimate of drug-likeness (QED) is 0.868. The first kappa shape index (κ1) is 12.2. The van der Waals surface area contributed by atoms with Crippen molar-refractivity contribution in [1.29, 1.82) is 0 Å². The van der Waals surface area contributed by atoms with E-state index in [4.69, 9.17) is 0 Å². The van der Waals surface area contributed by atoms with Crippen LogP contribution in [0.5, 0.6) is 0 Å². The molecule has 1 N–H and O–H groups in total. The summed E-state index contributed by atoms with van der Waals surface area (Å²) in [4.78, 5) is 13.3. The van der Waals surface area contributed by atoms with Crippen molar-refractivity contribution in [2.24, 2.45) is 17.8 Å². The predicted molar refractivity (Wildman–Crippen MR) is 74.6 cm³/mol. The third-order valence-electron chi connectivity index (χ3n) is 4.61. The molecule has 18 heavy (non-hydrogen) atoms. The number of thiophene rings is 1. The van der Waals surface area contributed by atoms with Crippen LogP contribution in [0.1, 0.15) is 37.0 Å². The van der Waals surface area contributed by atoms with Crippen LogP contribution >= 0.6 is 11.3 Å². The Balaban J connectivity index is 1.37. The first-order chi connectivity index (χ1) is 8.81. The number of hydrogen-bond acceptors (Lipinski definition) is 2. The highest BCUT2D eigenvalue weighted by Gasteiger charge is 2.39. The molecule has 3 rings (SSSR count). The fourth-order valence-electron chi connectivity index (χ4n) is 3.72. The van der Waals surface area contributed by atoms with Crippen molar-refractivity contribution < 1.29 is 4.79 Å². The van der Waals surface area contributed by atoms with Crippen LogP contribution in [0.2, 0.25) is 0 Å². The minimum atomic E-state index is 0.268. The molecule has 2 aliphatic rings. The Labute approximate surface area is 113 Å². The average molecular weight is 263 g/mol. The summed E-state index contributed by atoms with van der Waals surface area (Å²) < 4.78 is 0. The van der Waals surface area contributed by atoms with Gasteiger partial charge in [-0.1, -0.05) is 12.5 Å². The lowest BCUT2D eigenvalue weighted by Crippen LogP contribution is -2.28. The van der Waals surface area contributed by atoms with Gasteiger partial charge in [0.15, 0.2) is 0 Å². The summed E-state index contributed by atoms with van der Waals surface area (Å²) in [6, 6.07) is 4.20. The summed E-state index contributed by atoms with van der Waals surface area (Å²) in [6.07, 6.45) is 7.24. The van der Waals surface area contributed by atoms with Crippen molar-refractivity contribution in [3.8, 4) is 0 Å². The topological polar surface area (TPSA) is 29.1 Å². The fraction of sp³-hybridized carbons (Fsp3) is 0.667. The molecule has 2 bridgehead atoms. The van der Waals surface area contributed by atoms with Crippen molar-refractivity contribution in [2.75, 3.05) is 6.54 Å². The van der Waals surface area contributed by atoms with Crippen molar-refractivity contribution in [2.45, 2.75) is 38.5 Å². The smallest absolute Gasteiger partial charge is 0.220 e. The van der Waals surface area contributed by atoms with Crippen molar-refractivity contribution in [3.05, 3.63) is 22.4 Å². The standard InChI is InChI=1S/C15H21NOS/c17-15(16-6-5-14-2-1-7-18-14)10-13-9-11-3-4-12(13)8-11/h1-2,7,11-13H,3-6,8-10H2,(H,16,17). The number of rotatable bonds is 5. The first-order valence-electron chi connectivity index (χ1n) is 7.10. The first-order valence-corrected chi connectivity index (χ1v) is 7.98. The van der Waals surface area contributed by atoms with E-state index in [9.17, 15) is 4.79 Å². The van der Waals surface area contributed by atoms with E-state index in [1.165, 1.54) is 30.6 Å². The van der Waals surface area contributed by atoms with Gasteiger partial charge in [0.25, 0.3) is 0 Å². The zero-order valence-corrected chi connectivity index (χ0v) is 11.5. The molecule has 1 aromatic rings. The zero-order valence-electron chi connectivity index (χ0n) is 10.7. The Morgan fingerprint density at radius 2 is 2.33 bits per heavy atom. The van der Waals surface area contributed by atoms with Crippen LogP contribution in [0.15, 0.2) is 17.5 Å². The van der Waals surface area contributed by atoms with Gasteiger partial charge in [0, 0.05) is 17.8 Å². The van der Waals surface area contributed by atoms with Gasteiger partial charge >= 0.3 is 0 Å². The summed E-state index contributed by atoms with van der Waals surface area (Å²) in [5.74, 6) is 2.76. The highest BCUT2D eigenvalue weighted by Crippen LogP contribution is 2.49. The molecule has 2 saturated carbocycles. The molecular weight excluding hydrogens is 242 g/mol. The Morgan fingerprint density at radius 1 is 1.39 bits per heavy atom. The van der Waals surface area contributed by atoms with Crippen molar-refractivity contribution >= 4 is 17.2 Å². The molecule has 0 aliphatic heterocycles. The minimum absolute atomic E-state index is 0.268. The summed E-state index contributed by atoms with van der Waals surface area (Å²) in [6.45, 7) is 0.792. The lowest BCUT2D eigenvalue weighted by Gasteiger charge is -2.20. The second-order valence-corrected chi connectivity index (χ2v) is 6.85. The maximum atomic E-state index is 11.9. The minimum Gasteiger partial charge on any atom is -0.356 e. The Kier molecular flexibility index (Phi) is 3.69. The maximum absolute atomic E-state index is 11.9. The van der Waals surface area contributed by atoms with Gasteiger partial charge < -0.3 is 5.32 Å². The van der Waals surface area contributed by atoms with Gasteiger partial charge in [0.1, 0.15) is 0 Å². The SMILES string of the molecule is O=C(CC1CC2CCC1C2)NCCc1cccs1. The van der Waals surface area contributed by atoms with Gasteiger partial charge in [-0.15, -0.1) is 11.3 Å². The van der Waals surface area contributed by atoms with E-state index in [2.05, 4.69) is 22.8 Å². The van der Waals surface area contributed by atoms with Crippen molar-refractivity contribution in [3.63, 3.8) is 0 Å². The normalized spacial score (nSPS) is 29.7. The number of fused-ring (bicyclic) bond motifs is 2. The largest absolute Gasteiger partial charge is 0.356 e. The van der Waals surface area contributed by atoms with Crippen LogP contribution in [0.3, 0.4) is 0 Å². The molecular formula is C15H21NOS. The van der Waals surface area contributed by atoms with E-state index in [1.54, 1.807) is 11.3 Å². The summed E-state index contributed by atoms with van der Waals surface area (Å²) in [5, 5.41) is 5.16. The van der Waals surface area contributed by atoms with E-state index in [0.29, 0.717) is 5.92 Å². The summed E-state index contributed by atoms with van der Waals surface area (Å²) >= 11 is 1.77. The van der Waals surface area contributed by atoms with E-state index in [1.807, 2.05) is 0 Å². The highest BCUT2D eigenvalue weighted by molar-refractivity contribution is 7.09. The molecule has 1 aromatic heterocycles. The molecule has 2 aliphatic carbocycles. The van der Waals surface area contributed by atoms with Crippen LogP contribution < -0.4 is 5.32 Å². The molecule has 3 heteroatoms. The lowest BCUT2D eigenvalue weighted by molar-refractivity contribution is -0.122. The zero-order chi connectivity index (χ0) is 12.4. The van der Waals surface area contributed by atoms with Gasteiger partial charge in [-0.3, -0.25) is 4.79 Å². The van der Waals surface area contributed by atoms with E-state index in [0.717, 1.165) is 31.2 Å².